The summed E-state index contributed by atoms with van der Waals surface area (Å²) in [7, 11) is 0. The lowest BCUT2D eigenvalue weighted by Crippen LogP contribution is -2.45. The first kappa shape index (κ1) is 12.2. The molecule has 0 aliphatic carbocycles. The molecule has 0 saturated carbocycles. The number of nitrogens with one attached hydrogen (secondary N) is 1. The molecular weight excluding hydrogens is 212 g/mol. The van der Waals surface area contributed by atoms with Crippen molar-refractivity contribution in [1.82, 2.24) is 10.2 Å². The van der Waals surface area contributed by atoms with Crippen LogP contribution in [0.3, 0.4) is 0 Å². The largest absolute Gasteiger partial charge is 0.367 e. The Balaban J connectivity index is 2.53. The van der Waals surface area contributed by atoms with Crippen LogP contribution in [0.25, 0.3) is 0 Å². The molecule has 4 nitrogen and oxygen atoms in total. The van der Waals surface area contributed by atoms with Gasteiger partial charge in [-0.2, -0.15) is 0 Å². The minimum absolute atomic E-state index is 0.179. The molecule has 0 atom stereocenters. The summed E-state index contributed by atoms with van der Waals surface area (Å²) in [5.74, 6) is 0.705. The van der Waals surface area contributed by atoms with E-state index in [1.54, 1.807) is 12.1 Å². The Hall–Kier alpha value is -0.870. The van der Waals surface area contributed by atoms with Crippen molar-refractivity contribution in [3.8, 4) is 0 Å². The quantitative estimate of drug-likeness (QED) is 0.810. The number of halogens is 1. The van der Waals surface area contributed by atoms with Gasteiger partial charge in [-0.1, -0.05) is 25.4 Å². The van der Waals surface area contributed by atoms with Crippen LogP contribution in [0.2, 0.25) is 5.15 Å². The van der Waals surface area contributed by atoms with Crippen LogP contribution in [0.15, 0.2) is 12.1 Å². The van der Waals surface area contributed by atoms with Crippen LogP contribution in [0.1, 0.15) is 26.7 Å². The molecular formula is C10H17ClN4. The molecule has 0 unspecified atom stereocenters. The molecule has 0 aromatic carbocycles. The summed E-state index contributed by atoms with van der Waals surface area (Å²) >= 11 is 5.63. The maximum atomic E-state index is 6.14. The van der Waals surface area contributed by atoms with E-state index in [1.165, 1.54) is 0 Å². The average molecular weight is 229 g/mol. The molecule has 15 heavy (non-hydrogen) atoms. The molecule has 0 spiro atoms. The van der Waals surface area contributed by atoms with Gasteiger partial charge in [0, 0.05) is 12.1 Å². The van der Waals surface area contributed by atoms with E-state index >= 15 is 0 Å². The van der Waals surface area contributed by atoms with Crippen molar-refractivity contribution in [3.05, 3.63) is 17.3 Å². The predicted octanol–water partition coefficient (Wildman–Crippen LogP) is 2.06. The van der Waals surface area contributed by atoms with Crippen molar-refractivity contribution in [2.75, 3.05) is 11.9 Å². The van der Waals surface area contributed by atoms with Crippen LogP contribution in [0.5, 0.6) is 0 Å². The average Bonchev–Trinajstić information content (AvgIpc) is 2.28. The third kappa shape index (κ3) is 3.64. The predicted molar refractivity (Wildman–Crippen MR) is 63.0 cm³/mol. The van der Waals surface area contributed by atoms with Crippen LogP contribution in [-0.2, 0) is 0 Å². The Morgan fingerprint density at radius 2 is 2.00 bits per heavy atom. The molecule has 1 aromatic rings. The molecule has 5 heteroatoms. The van der Waals surface area contributed by atoms with E-state index in [-0.39, 0.29) is 5.54 Å². The minimum atomic E-state index is -0.179. The zero-order chi connectivity index (χ0) is 11.3. The van der Waals surface area contributed by atoms with Gasteiger partial charge in [0.15, 0.2) is 5.15 Å². The molecule has 1 rings (SSSR count). The summed E-state index contributed by atoms with van der Waals surface area (Å²) in [6.45, 7) is 4.85. The first-order chi connectivity index (χ1) is 7.09. The van der Waals surface area contributed by atoms with Crippen molar-refractivity contribution in [2.24, 2.45) is 5.73 Å². The van der Waals surface area contributed by atoms with Crippen molar-refractivity contribution in [3.63, 3.8) is 0 Å². The molecule has 0 radical (unpaired) electrons. The van der Waals surface area contributed by atoms with E-state index in [2.05, 4.69) is 29.4 Å². The van der Waals surface area contributed by atoms with Crippen molar-refractivity contribution in [2.45, 2.75) is 32.2 Å². The Morgan fingerprint density at radius 1 is 1.33 bits per heavy atom. The van der Waals surface area contributed by atoms with Gasteiger partial charge >= 0.3 is 0 Å². The molecule has 84 valence electrons. The Bertz CT molecular complexity index is 295. The highest BCUT2D eigenvalue weighted by Crippen LogP contribution is 2.13. The molecule has 1 aromatic heterocycles. The van der Waals surface area contributed by atoms with Crippen molar-refractivity contribution < 1.29 is 0 Å². The van der Waals surface area contributed by atoms with Gasteiger partial charge in [0.25, 0.3) is 0 Å². The van der Waals surface area contributed by atoms with Gasteiger partial charge < -0.3 is 11.1 Å². The molecule has 0 aliphatic rings. The second-order valence-electron chi connectivity index (χ2n) is 3.66. The minimum Gasteiger partial charge on any atom is -0.367 e. The number of rotatable bonds is 5. The summed E-state index contributed by atoms with van der Waals surface area (Å²) in [4.78, 5) is 0. The molecule has 0 amide bonds. The van der Waals surface area contributed by atoms with E-state index in [9.17, 15) is 0 Å². The highest BCUT2D eigenvalue weighted by Gasteiger charge is 2.19. The normalized spacial score (nSPS) is 11.5. The summed E-state index contributed by atoms with van der Waals surface area (Å²) in [6, 6.07) is 3.49. The Kier molecular flexibility index (Phi) is 4.29. The van der Waals surface area contributed by atoms with Crippen LogP contribution in [0, 0.1) is 0 Å². The van der Waals surface area contributed by atoms with Gasteiger partial charge in [-0.05, 0) is 25.0 Å². The van der Waals surface area contributed by atoms with Crippen molar-refractivity contribution in [1.29, 1.82) is 0 Å². The summed E-state index contributed by atoms with van der Waals surface area (Å²) < 4.78 is 0. The fourth-order valence-corrected chi connectivity index (χ4v) is 1.28. The highest BCUT2D eigenvalue weighted by molar-refractivity contribution is 6.29. The van der Waals surface area contributed by atoms with Crippen molar-refractivity contribution >= 4 is 17.4 Å². The maximum absolute atomic E-state index is 6.14. The topological polar surface area (TPSA) is 63.8 Å². The number of nitrogens with zero attached hydrogens (tertiary/aromatic N) is 2. The smallest absolute Gasteiger partial charge is 0.151 e. The second-order valence-corrected chi connectivity index (χ2v) is 4.05. The van der Waals surface area contributed by atoms with Gasteiger partial charge in [-0.25, -0.2) is 0 Å². The molecule has 1 heterocycles. The molecule has 0 bridgehead atoms. The molecule has 3 N–H and O–H groups in total. The van der Waals surface area contributed by atoms with E-state index < -0.39 is 0 Å². The van der Waals surface area contributed by atoms with Gasteiger partial charge in [0.05, 0.1) is 0 Å². The lowest BCUT2D eigenvalue weighted by atomic mass is 9.94. The lowest BCUT2D eigenvalue weighted by molar-refractivity contribution is 0.417. The number of hydrogen-bond acceptors (Lipinski definition) is 4. The number of hydrogen-bond donors (Lipinski definition) is 2. The first-order valence-corrected chi connectivity index (χ1v) is 5.49. The maximum Gasteiger partial charge on any atom is 0.151 e. The van der Waals surface area contributed by atoms with Crippen LogP contribution < -0.4 is 11.1 Å². The molecule has 0 saturated heterocycles. The standard InChI is InChI=1S/C10H17ClN4/c1-3-10(12,4-2)7-13-9-6-5-8(11)14-15-9/h5-6H,3-4,7,12H2,1-2H3,(H,13,15). The number of anilines is 1. The SMILES string of the molecule is CCC(N)(CC)CNc1ccc(Cl)nn1. The second kappa shape index (κ2) is 5.28. The summed E-state index contributed by atoms with van der Waals surface area (Å²) in [5, 5.41) is 11.2. The van der Waals surface area contributed by atoms with Crippen LogP contribution in [0.4, 0.5) is 5.82 Å². The van der Waals surface area contributed by atoms with E-state index in [0.717, 1.165) is 12.8 Å². The van der Waals surface area contributed by atoms with E-state index in [0.29, 0.717) is 17.5 Å². The Labute approximate surface area is 95.2 Å². The molecule has 0 fully saturated rings. The third-order valence-corrected chi connectivity index (χ3v) is 2.86. The summed E-state index contributed by atoms with van der Waals surface area (Å²) in [6.07, 6.45) is 1.86. The molecule has 0 aliphatic heterocycles. The van der Waals surface area contributed by atoms with E-state index in [1.807, 2.05) is 0 Å². The fourth-order valence-electron chi connectivity index (χ4n) is 1.18. The van der Waals surface area contributed by atoms with Gasteiger partial charge in [-0.15, -0.1) is 10.2 Å². The monoisotopic (exact) mass is 228 g/mol. The van der Waals surface area contributed by atoms with Gasteiger partial charge in [-0.3, -0.25) is 0 Å². The lowest BCUT2D eigenvalue weighted by Gasteiger charge is -2.26. The van der Waals surface area contributed by atoms with E-state index in [4.69, 9.17) is 17.3 Å². The van der Waals surface area contributed by atoms with Crippen LogP contribution in [-0.4, -0.2) is 22.3 Å². The third-order valence-electron chi connectivity index (χ3n) is 2.66. The zero-order valence-corrected chi connectivity index (χ0v) is 9.88. The number of nitrogens with two attached hydrogens (primary N) is 1. The number of aromatic nitrogens is 2. The zero-order valence-electron chi connectivity index (χ0n) is 9.13. The Morgan fingerprint density at radius 3 is 2.47 bits per heavy atom. The highest BCUT2D eigenvalue weighted by atomic mass is 35.5. The van der Waals surface area contributed by atoms with Gasteiger partial charge in [0.2, 0.25) is 0 Å². The first-order valence-electron chi connectivity index (χ1n) is 5.11. The van der Waals surface area contributed by atoms with Gasteiger partial charge in [0.1, 0.15) is 5.82 Å². The summed E-state index contributed by atoms with van der Waals surface area (Å²) in [5.41, 5.74) is 5.96. The fraction of sp³-hybridized carbons (Fsp3) is 0.600. The van der Waals surface area contributed by atoms with Crippen LogP contribution >= 0.6 is 11.6 Å².